The van der Waals surface area contributed by atoms with E-state index < -0.39 is 0 Å². The largest absolute Gasteiger partial charge is 0.340 e. The Hall–Kier alpha value is -1.76. The van der Waals surface area contributed by atoms with E-state index in [1.165, 1.54) is 105 Å². The first-order valence-electron chi connectivity index (χ1n) is 12.3. The molecule has 0 saturated carbocycles. The van der Waals surface area contributed by atoms with Crippen LogP contribution in [0.2, 0.25) is 0 Å². The molecule has 0 aliphatic rings. The fourth-order valence-corrected chi connectivity index (χ4v) is 4.86. The molecule has 1 nitrogen and oxygen atoms in total. The van der Waals surface area contributed by atoms with Crippen molar-refractivity contribution in [3.05, 3.63) is 48.5 Å². The van der Waals surface area contributed by atoms with Crippen molar-refractivity contribution in [2.24, 2.45) is 5.92 Å². The van der Waals surface area contributed by atoms with Crippen molar-refractivity contribution in [1.29, 1.82) is 0 Å². The van der Waals surface area contributed by atoms with E-state index in [9.17, 15) is 0 Å². The maximum atomic E-state index is 2.62. The number of hydrogen-bond acceptors (Lipinski definition) is 0. The molecule has 1 unspecified atom stereocenters. The lowest BCUT2D eigenvalue weighted by Crippen LogP contribution is -2.11. The van der Waals surface area contributed by atoms with Gasteiger partial charge in [0.15, 0.2) is 0 Å². The van der Waals surface area contributed by atoms with Crippen LogP contribution in [0.15, 0.2) is 48.5 Å². The van der Waals surface area contributed by atoms with E-state index in [-0.39, 0.29) is 0 Å². The summed E-state index contributed by atoms with van der Waals surface area (Å²) < 4.78 is 2.62. The van der Waals surface area contributed by atoms with Crippen LogP contribution in [0.25, 0.3) is 21.8 Å². The van der Waals surface area contributed by atoms with Crippen LogP contribution in [0, 0.1) is 5.92 Å². The molecule has 0 fully saturated rings. The van der Waals surface area contributed by atoms with E-state index >= 15 is 0 Å². The molecule has 1 heterocycles. The molecule has 1 aromatic heterocycles. The molecule has 1 atom stereocenters. The highest BCUT2D eigenvalue weighted by molar-refractivity contribution is 6.07. The van der Waals surface area contributed by atoms with Crippen molar-refractivity contribution in [2.45, 2.75) is 97.4 Å². The highest BCUT2D eigenvalue weighted by atomic mass is 15.0. The first-order chi connectivity index (χ1) is 14.3. The lowest BCUT2D eigenvalue weighted by molar-refractivity contribution is 0.365. The minimum Gasteiger partial charge on any atom is -0.340 e. The summed E-state index contributed by atoms with van der Waals surface area (Å²) in [5.74, 6) is 0.803. The molecule has 0 amide bonds. The van der Waals surface area contributed by atoms with Gasteiger partial charge in [-0.2, -0.15) is 0 Å². The van der Waals surface area contributed by atoms with Gasteiger partial charge in [-0.3, -0.25) is 0 Å². The van der Waals surface area contributed by atoms with Gasteiger partial charge < -0.3 is 4.57 Å². The second-order valence-electron chi connectivity index (χ2n) is 8.92. The highest BCUT2D eigenvalue weighted by Crippen LogP contribution is 2.31. The van der Waals surface area contributed by atoms with Gasteiger partial charge in [0.1, 0.15) is 0 Å². The van der Waals surface area contributed by atoms with Crippen LogP contribution in [0.5, 0.6) is 0 Å². The van der Waals surface area contributed by atoms with Crippen LogP contribution in [-0.4, -0.2) is 4.57 Å². The monoisotopic (exact) mass is 391 g/mol. The number of nitrogens with zero attached hydrogens (tertiary/aromatic N) is 1. The van der Waals surface area contributed by atoms with Gasteiger partial charge in [0.05, 0.1) is 0 Å². The maximum Gasteiger partial charge on any atom is 0.0491 e. The average Bonchev–Trinajstić information content (AvgIpc) is 3.07. The second kappa shape index (κ2) is 12.1. The predicted molar refractivity (Wildman–Crippen MR) is 130 cm³/mol. The Balaban J connectivity index is 1.71. The van der Waals surface area contributed by atoms with Crippen molar-refractivity contribution in [2.75, 3.05) is 0 Å². The minimum absolute atomic E-state index is 0.803. The third-order valence-electron chi connectivity index (χ3n) is 6.55. The van der Waals surface area contributed by atoms with Gasteiger partial charge in [-0.15, -0.1) is 0 Å². The van der Waals surface area contributed by atoms with Gasteiger partial charge in [0.2, 0.25) is 0 Å². The second-order valence-corrected chi connectivity index (χ2v) is 8.92. The van der Waals surface area contributed by atoms with Gasteiger partial charge in [-0.05, 0) is 30.9 Å². The molecule has 3 aromatic rings. The van der Waals surface area contributed by atoms with Crippen LogP contribution < -0.4 is 0 Å². The minimum atomic E-state index is 0.803. The topological polar surface area (TPSA) is 4.93 Å². The molecule has 29 heavy (non-hydrogen) atoms. The van der Waals surface area contributed by atoms with E-state index in [0.29, 0.717) is 0 Å². The summed E-state index contributed by atoms with van der Waals surface area (Å²) >= 11 is 0. The number of fused-ring (bicyclic) bond motifs is 3. The molecule has 0 saturated heterocycles. The molecule has 0 aliphatic heterocycles. The number of rotatable bonds is 14. The Kier molecular flexibility index (Phi) is 9.12. The molecule has 0 radical (unpaired) electrons. The molecule has 2 aromatic carbocycles. The van der Waals surface area contributed by atoms with Crippen LogP contribution in [0.1, 0.15) is 90.9 Å². The van der Waals surface area contributed by atoms with Crippen molar-refractivity contribution in [1.82, 2.24) is 4.57 Å². The molecule has 1 heteroatoms. The Morgan fingerprint density at radius 1 is 0.586 bits per heavy atom. The van der Waals surface area contributed by atoms with Crippen molar-refractivity contribution in [3.8, 4) is 0 Å². The van der Waals surface area contributed by atoms with Crippen molar-refractivity contribution >= 4 is 21.8 Å². The third kappa shape index (κ3) is 6.11. The lowest BCUT2D eigenvalue weighted by Gasteiger charge is -2.19. The van der Waals surface area contributed by atoms with Crippen LogP contribution >= 0.6 is 0 Å². The zero-order valence-corrected chi connectivity index (χ0v) is 18.8. The van der Waals surface area contributed by atoms with Crippen LogP contribution in [0.3, 0.4) is 0 Å². The van der Waals surface area contributed by atoms with E-state index in [2.05, 4.69) is 66.9 Å². The molecule has 0 bridgehead atoms. The van der Waals surface area contributed by atoms with Crippen LogP contribution in [-0.2, 0) is 6.54 Å². The van der Waals surface area contributed by atoms with Gasteiger partial charge in [-0.25, -0.2) is 0 Å². The van der Waals surface area contributed by atoms with E-state index in [0.717, 1.165) is 5.92 Å². The molecule has 158 valence electrons. The van der Waals surface area contributed by atoms with E-state index in [4.69, 9.17) is 0 Å². The molecular weight excluding hydrogens is 350 g/mol. The Bertz CT molecular complexity index is 791. The number of benzene rings is 2. The molecule has 0 N–H and O–H groups in total. The predicted octanol–water partition coefficient (Wildman–Crippen LogP) is 9.13. The summed E-state index contributed by atoms with van der Waals surface area (Å²) in [7, 11) is 0. The smallest absolute Gasteiger partial charge is 0.0491 e. The first kappa shape index (κ1) is 21.9. The summed E-state index contributed by atoms with van der Waals surface area (Å²) in [5, 5.41) is 2.82. The molecular formula is C28H41N. The Labute approximate surface area is 178 Å². The quantitative estimate of drug-likeness (QED) is 0.241. The number of unbranched alkanes of at least 4 members (excludes halogenated alkanes) is 8. The summed E-state index contributed by atoms with van der Waals surface area (Å²) in [6, 6.07) is 18.0. The summed E-state index contributed by atoms with van der Waals surface area (Å²) in [6.07, 6.45) is 16.7. The molecule has 0 aliphatic carbocycles. The maximum absolute atomic E-state index is 2.62. The fraction of sp³-hybridized carbons (Fsp3) is 0.571. The average molecular weight is 392 g/mol. The van der Waals surface area contributed by atoms with Crippen molar-refractivity contribution < 1.29 is 0 Å². The Morgan fingerprint density at radius 2 is 1.03 bits per heavy atom. The fourth-order valence-electron chi connectivity index (χ4n) is 4.86. The SMILES string of the molecule is CCCCCCCCC(CCCCCC)Cn1c2ccccc2c2ccccc21. The number of para-hydroxylation sites is 2. The number of aromatic nitrogens is 1. The highest BCUT2D eigenvalue weighted by Gasteiger charge is 2.15. The number of hydrogen-bond donors (Lipinski definition) is 0. The van der Waals surface area contributed by atoms with Gasteiger partial charge >= 0.3 is 0 Å². The standard InChI is InChI=1S/C28H41N/c1-3-5-7-9-10-12-18-24(17-11-8-6-4-2)23-29-27-21-15-13-19-25(27)26-20-14-16-22-28(26)29/h13-16,19-22,24H,3-12,17-18,23H2,1-2H3. The Morgan fingerprint density at radius 3 is 1.59 bits per heavy atom. The normalized spacial score (nSPS) is 12.8. The molecule has 3 rings (SSSR count). The van der Waals surface area contributed by atoms with E-state index in [1.807, 2.05) is 0 Å². The lowest BCUT2D eigenvalue weighted by atomic mass is 9.94. The summed E-state index contributed by atoms with van der Waals surface area (Å²) in [5.41, 5.74) is 2.82. The zero-order chi connectivity index (χ0) is 20.3. The zero-order valence-electron chi connectivity index (χ0n) is 18.8. The van der Waals surface area contributed by atoms with Gasteiger partial charge in [-0.1, -0.05) is 114 Å². The molecule has 0 spiro atoms. The first-order valence-corrected chi connectivity index (χ1v) is 12.3. The summed E-state index contributed by atoms with van der Waals surface area (Å²) in [6.45, 7) is 5.79. The third-order valence-corrected chi connectivity index (χ3v) is 6.55. The van der Waals surface area contributed by atoms with Gasteiger partial charge in [0.25, 0.3) is 0 Å². The van der Waals surface area contributed by atoms with E-state index in [1.54, 1.807) is 0 Å². The van der Waals surface area contributed by atoms with Crippen molar-refractivity contribution in [3.63, 3.8) is 0 Å². The van der Waals surface area contributed by atoms with Gasteiger partial charge in [0, 0.05) is 28.4 Å². The van der Waals surface area contributed by atoms with Crippen LogP contribution in [0.4, 0.5) is 0 Å². The summed E-state index contributed by atoms with van der Waals surface area (Å²) in [4.78, 5) is 0.